The number of likely N-dealkylation sites (tertiary alicyclic amines) is 4. The SMILES string of the molecule is CNc1cc(-c2cn([C@@H]3CN(C)C[C@H]3F)c3ncccc23)nc2c(C(=O)N[C@@H]3CC[C@H]3OC)cnn12.CNc1cc(-c2cn([C@@H]3CN(C)C[C@H]3OC)c3ncccc23)nc2c(C(=O)NC3CC[C@@H]3OC)cnn12.CNc1cc(-c2cn([C@@H]3CN(C)C[C@H]3OC)c3ncccc23)nc2c(C(=O)N[C@@H]3CC[C@H]3OC)cnn12.CNc1cc(-c2cn([C@@H]3CN(C)C[C@H]3OC)c3ncccc23)nc2c(C(=O)N[C@H]3CC[C@@H]3OC)cnn12. The van der Waals surface area contributed by atoms with Crippen molar-refractivity contribution in [3.63, 3.8) is 0 Å². The van der Waals surface area contributed by atoms with E-state index in [1.807, 2.05) is 117 Å². The molecule has 4 amide bonds. The zero-order chi connectivity index (χ0) is 102. The Kier molecular flexibility index (Phi) is 28.0. The van der Waals surface area contributed by atoms with Crippen LogP contribution < -0.4 is 42.5 Å². The van der Waals surface area contributed by atoms with Gasteiger partial charge < -0.3 is 114 Å². The fourth-order valence-electron chi connectivity index (χ4n) is 22.1. The summed E-state index contributed by atoms with van der Waals surface area (Å²) in [5.41, 5.74) is 13.5. The summed E-state index contributed by atoms with van der Waals surface area (Å²) in [6, 6.07) is 23.6. The van der Waals surface area contributed by atoms with Gasteiger partial charge in [-0.25, -0.2) is 44.3 Å². The highest BCUT2D eigenvalue weighted by Gasteiger charge is 2.43. The van der Waals surface area contributed by atoms with Gasteiger partial charge in [0.2, 0.25) is 0 Å². The van der Waals surface area contributed by atoms with Gasteiger partial charge in [-0.15, -0.1) is 0 Å². The molecule has 44 heteroatoms. The first-order valence-electron chi connectivity index (χ1n) is 50.0. The molecule has 16 aromatic rings. The number of carbonyl (C=O) groups is 4. The number of fused-ring (bicyclic) bond motifs is 8. The van der Waals surface area contributed by atoms with Crippen molar-refractivity contribution in [2.75, 3.05) is 180 Å². The van der Waals surface area contributed by atoms with Crippen molar-refractivity contribution < 1.29 is 56.7 Å². The van der Waals surface area contributed by atoms with Crippen LogP contribution in [0.25, 0.3) is 112 Å². The summed E-state index contributed by atoms with van der Waals surface area (Å²) >= 11 is 0. The number of alkyl halides is 1. The second-order valence-electron chi connectivity index (χ2n) is 39.3. The summed E-state index contributed by atoms with van der Waals surface area (Å²) in [4.78, 5) is 100. The van der Waals surface area contributed by atoms with Crippen molar-refractivity contribution in [1.29, 1.82) is 0 Å². The summed E-state index contributed by atoms with van der Waals surface area (Å²) in [7, 11) is 27.5. The average Bonchev–Trinajstić information content (AvgIpc) is 1.61. The zero-order valence-corrected chi connectivity index (χ0v) is 85.0. The third kappa shape index (κ3) is 18.4. The first kappa shape index (κ1) is 98.8. The quantitative estimate of drug-likeness (QED) is 0.0238. The molecule has 8 N–H and O–H groups in total. The number of nitrogens with one attached hydrogen (secondary N) is 8. The maximum absolute atomic E-state index is 14.9. The van der Waals surface area contributed by atoms with Crippen LogP contribution >= 0.6 is 0 Å². The minimum absolute atomic E-state index is 0.00160. The Hall–Kier alpha value is -14.2. The predicted octanol–water partition coefficient (Wildman–Crippen LogP) is 9.11. The first-order chi connectivity index (χ1) is 71.5. The predicted molar refractivity (Wildman–Crippen MR) is 554 cm³/mol. The third-order valence-electron chi connectivity index (χ3n) is 30.7. The van der Waals surface area contributed by atoms with Gasteiger partial charge in [-0.05, 0) is 128 Å². The Labute approximate surface area is 846 Å². The Morgan fingerprint density at radius 1 is 0.306 bits per heavy atom. The molecular weight excluding hydrogens is 1880 g/mol. The maximum atomic E-state index is 14.9. The van der Waals surface area contributed by atoms with E-state index in [0.717, 1.165) is 186 Å². The molecule has 8 fully saturated rings. The number of carbonyl (C=O) groups excluding carboxylic acids is 4. The standard InChI is InChI=1S/3C26H32N8O3.C25H29FN8O2/c3*1-27-23-10-19(30-25-16(11-29-34(23)25)26(35)31-18-7-8-21(18)36-3)17-12-33(24-15(17)6-5-9-28-24)20-13-32(2)14-22(20)37-4;1-27-22-9-19(30-24-15(10-29-34(22)24)25(35)31-18-6-7-21(18)36-3)16-11-33(20-13-32(2)12-17(20)26)23-14(16)5-4-8-28-23/h3*5-6,9-12,18,20-22,27H,7-8,13-14H2,1-4H3,(H,31,35);4-5,8-11,17-18,20-21,27H,6-7,12-13H2,1-3H3,(H,31,35)/t18?,20-,21+,22-;18-,20+,21-,22+;18-,20-,21-,22-;17-,18-,20-,21-/m1011/s1. The highest BCUT2D eigenvalue weighted by atomic mass is 19.1. The molecule has 4 saturated heterocycles. The van der Waals surface area contributed by atoms with Crippen LogP contribution in [0.3, 0.4) is 0 Å². The van der Waals surface area contributed by atoms with Crippen molar-refractivity contribution in [2.24, 2.45) is 0 Å². The fourth-order valence-corrected chi connectivity index (χ4v) is 22.1. The molecule has 0 radical (unpaired) electrons. The van der Waals surface area contributed by atoms with Gasteiger partial charge in [-0.1, -0.05) is 0 Å². The number of hydrogen-bond donors (Lipinski definition) is 8. The smallest absolute Gasteiger partial charge is 0.257 e. The van der Waals surface area contributed by atoms with Crippen LogP contribution in [0, 0.1) is 0 Å². The summed E-state index contributed by atoms with van der Waals surface area (Å²) in [5, 5.41) is 46.7. The number of rotatable bonds is 27. The van der Waals surface area contributed by atoms with Crippen molar-refractivity contribution in [3.8, 4) is 45.0 Å². The summed E-state index contributed by atoms with van der Waals surface area (Å²) in [6.07, 6.45) is 28.4. The summed E-state index contributed by atoms with van der Waals surface area (Å²) in [6.45, 7) is 6.16. The minimum Gasteiger partial charge on any atom is -0.379 e. The van der Waals surface area contributed by atoms with Crippen LogP contribution in [0.1, 0.15) is 117 Å². The van der Waals surface area contributed by atoms with E-state index in [4.69, 9.17) is 68.0 Å². The molecule has 4 saturated carbocycles. The number of anilines is 4. The Bertz CT molecular complexity index is 7070. The van der Waals surface area contributed by atoms with Gasteiger partial charge in [0.05, 0.1) is 139 Å². The molecule has 770 valence electrons. The maximum Gasteiger partial charge on any atom is 0.257 e. The number of pyridine rings is 4. The highest BCUT2D eigenvalue weighted by Crippen LogP contribution is 2.43. The van der Waals surface area contributed by atoms with Crippen LogP contribution in [0.2, 0.25) is 0 Å². The minimum atomic E-state index is -0.990. The second kappa shape index (κ2) is 41.6. The molecule has 20 heterocycles. The van der Waals surface area contributed by atoms with Gasteiger partial charge in [0.25, 0.3) is 23.6 Å². The van der Waals surface area contributed by atoms with E-state index in [0.29, 0.717) is 75.1 Å². The van der Waals surface area contributed by atoms with E-state index < -0.39 is 6.17 Å². The van der Waals surface area contributed by atoms with Crippen molar-refractivity contribution >= 4 is 114 Å². The van der Waals surface area contributed by atoms with E-state index in [1.54, 1.807) is 99.7 Å². The molecule has 4 aliphatic carbocycles. The number of nitrogens with zero attached hydrogens (tertiary/aromatic N) is 24. The van der Waals surface area contributed by atoms with Gasteiger partial charge in [0.15, 0.2) is 22.6 Å². The number of amides is 4. The van der Waals surface area contributed by atoms with Gasteiger partial charge in [0.1, 0.15) is 74.3 Å². The Balaban J connectivity index is 0.000000115. The van der Waals surface area contributed by atoms with Crippen LogP contribution in [0.5, 0.6) is 0 Å². The van der Waals surface area contributed by atoms with Crippen LogP contribution in [0.15, 0.2) is 147 Å². The number of aromatic nitrogens is 20. The molecule has 147 heavy (non-hydrogen) atoms. The lowest BCUT2D eigenvalue weighted by molar-refractivity contribution is 0.00731. The first-order valence-corrected chi connectivity index (χ1v) is 50.0. The molecule has 1 unspecified atom stereocenters. The van der Waals surface area contributed by atoms with E-state index in [-0.39, 0.29) is 115 Å². The van der Waals surface area contributed by atoms with E-state index >= 15 is 0 Å². The van der Waals surface area contributed by atoms with Crippen LogP contribution in [0.4, 0.5) is 27.7 Å². The lowest BCUT2D eigenvalue weighted by Gasteiger charge is -2.35. The molecule has 16 atom stereocenters. The largest absolute Gasteiger partial charge is 0.379 e. The molecule has 24 rings (SSSR count). The zero-order valence-electron chi connectivity index (χ0n) is 85.0. The summed E-state index contributed by atoms with van der Waals surface area (Å²) in [5.74, 6) is 2.05. The number of methoxy groups -OCH3 is 7. The van der Waals surface area contributed by atoms with Gasteiger partial charge in [-0.2, -0.15) is 38.5 Å². The number of halogens is 1. The van der Waals surface area contributed by atoms with Crippen molar-refractivity contribution in [1.82, 2.24) is 137 Å². The van der Waals surface area contributed by atoms with Crippen LogP contribution in [-0.2, 0) is 33.2 Å². The van der Waals surface area contributed by atoms with Gasteiger partial charge >= 0.3 is 0 Å². The third-order valence-corrected chi connectivity index (χ3v) is 30.7. The lowest BCUT2D eigenvalue weighted by atomic mass is 9.89. The highest BCUT2D eigenvalue weighted by molar-refractivity contribution is 6.05. The second-order valence-corrected chi connectivity index (χ2v) is 39.3. The molecule has 8 aliphatic rings. The molecule has 0 bridgehead atoms. The van der Waals surface area contributed by atoms with Crippen molar-refractivity contribution in [2.45, 2.75) is 149 Å². The molecular formula is C103H125FN32O11. The molecule has 4 aliphatic heterocycles. The Morgan fingerprint density at radius 3 is 0.748 bits per heavy atom. The average molecular weight is 2010 g/mol. The summed E-state index contributed by atoms with van der Waals surface area (Å²) < 4.78 is 69.3. The Morgan fingerprint density at radius 2 is 0.537 bits per heavy atom. The van der Waals surface area contributed by atoms with Gasteiger partial charge in [0, 0.05) is 248 Å². The fraction of sp³-hybridized carbons (Fsp3) is 0.456. The van der Waals surface area contributed by atoms with E-state index in [1.165, 1.54) is 6.20 Å². The molecule has 0 spiro atoms. The van der Waals surface area contributed by atoms with E-state index in [2.05, 4.69) is 154 Å². The number of hydrogen-bond acceptors (Lipinski definition) is 31. The number of likely N-dealkylation sites (N-methyl/N-ethyl adjacent to an activating group) is 4. The number of ether oxygens (including phenoxy) is 7. The topological polar surface area (TPSA) is 434 Å². The lowest BCUT2D eigenvalue weighted by Crippen LogP contribution is -2.51. The molecule has 43 nitrogen and oxygen atoms in total. The van der Waals surface area contributed by atoms with Gasteiger partial charge in [-0.3, -0.25) is 19.2 Å². The normalized spacial score (nSPS) is 24.1. The van der Waals surface area contributed by atoms with Crippen molar-refractivity contribution in [3.05, 3.63) is 169 Å². The molecule has 16 aromatic heterocycles. The molecule has 0 aromatic carbocycles. The monoisotopic (exact) mass is 2010 g/mol. The van der Waals surface area contributed by atoms with Crippen LogP contribution in [-0.4, -0.2) is 371 Å². The van der Waals surface area contributed by atoms with E-state index in [9.17, 15) is 23.6 Å².